The molecule has 0 saturated carbocycles. The van der Waals surface area contributed by atoms with Gasteiger partial charge in [-0.1, -0.05) is 48.0 Å². The average Bonchev–Trinajstić information content (AvgIpc) is 3.24. The van der Waals surface area contributed by atoms with E-state index in [-0.39, 0.29) is 12.7 Å². The van der Waals surface area contributed by atoms with Crippen LogP contribution in [0.5, 0.6) is 23.0 Å². The fourth-order valence-electron chi connectivity index (χ4n) is 3.86. The third kappa shape index (κ3) is 3.40. The van der Waals surface area contributed by atoms with E-state index in [0.29, 0.717) is 35.2 Å². The molecule has 6 heteroatoms. The number of nitrogens with zero attached hydrogens (tertiary/aromatic N) is 1. The number of nitriles is 1. The summed E-state index contributed by atoms with van der Waals surface area (Å²) in [6.07, 6.45) is 0. The molecular weight excluding hydrogens is 392 g/mol. The van der Waals surface area contributed by atoms with E-state index in [1.165, 1.54) is 5.56 Å². The molecule has 6 nitrogen and oxygen atoms in total. The van der Waals surface area contributed by atoms with E-state index in [4.69, 9.17) is 24.7 Å². The zero-order valence-electron chi connectivity index (χ0n) is 16.9. The second-order valence-corrected chi connectivity index (χ2v) is 7.48. The van der Waals surface area contributed by atoms with Crippen LogP contribution in [0.15, 0.2) is 72.1 Å². The molecule has 2 aliphatic heterocycles. The summed E-state index contributed by atoms with van der Waals surface area (Å²) in [6, 6.07) is 21.7. The lowest BCUT2D eigenvalue weighted by molar-refractivity contribution is 0.174. The first-order chi connectivity index (χ1) is 15.1. The van der Waals surface area contributed by atoms with E-state index in [1.54, 1.807) is 6.07 Å². The predicted molar refractivity (Wildman–Crippen MR) is 114 cm³/mol. The van der Waals surface area contributed by atoms with Crippen molar-refractivity contribution in [1.82, 2.24) is 0 Å². The molecule has 0 radical (unpaired) electrons. The molecular formula is C25H20N2O4. The molecule has 0 amide bonds. The molecule has 3 aromatic carbocycles. The first kappa shape index (κ1) is 18.9. The molecule has 0 aromatic heterocycles. The van der Waals surface area contributed by atoms with Crippen molar-refractivity contribution >= 4 is 0 Å². The molecule has 2 aliphatic rings. The maximum Gasteiger partial charge on any atom is 0.231 e. The van der Waals surface area contributed by atoms with E-state index in [9.17, 15) is 5.26 Å². The van der Waals surface area contributed by atoms with Gasteiger partial charge in [0.1, 0.15) is 29.7 Å². The largest absolute Gasteiger partial charge is 0.489 e. The lowest BCUT2D eigenvalue weighted by atomic mass is 9.83. The second kappa shape index (κ2) is 7.62. The first-order valence-electron chi connectivity index (χ1n) is 9.92. The summed E-state index contributed by atoms with van der Waals surface area (Å²) in [4.78, 5) is 0. The van der Waals surface area contributed by atoms with E-state index in [2.05, 4.69) is 18.2 Å². The highest BCUT2D eigenvalue weighted by Crippen LogP contribution is 2.49. The average molecular weight is 412 g/mol. The van der Waals surface area contributed by atoms with Gasteiger partial charge in [-0.25, -0.2) is 0 Å². The molecule has 2 heterocycles. The lowest BCUT2D eigenvalue weighted by Crippen LogP contribution is -2.21. The molecule has 3 aromatic rings. The minimum Gasteiger partial charge on any atom is -0.489 e. The van der Waals surface area contributed by atoms with Gasteiger partial charge in [-0.2, -0.15) is 5.26 Å². The number of hydrogen-bond acceptors (Lipinski definition) is 6. The molecule has 0 saturated heterocycles. The SMILES string of the molecule is Cc1ccc(COc2ccccc2[C@H]2C(C#N)=C(N)Oc3cc4c(cc32)OCO4)cc1. The number of allylic oxidation sites excluding steroid dienone is 1. The van der Waals surface area contributed by atoms with Crippen molar-refractivity contribution in [1.29, 1.82) is 5.26 Å². The molecule has 1 atom stereocenters. The van der Waals surface area contributed by atoms with Gasteiger partial charge in [-0.15, -0.1) is 0 Å². The predicted octanol–water partition coefficient (Wildman–Crippen LogP) is 4.52. The quantitative estimate of drug-likeness (QED) is 0.678. The van der Waals surface area contributed by atoms with Gasteiger partial charge in [-0.05, 0) is 24.6 Å². The number of hydrogen-bond donors (Lipinski definition) is 1. The Labute approximate surface area is 180 Å². The molecule has 2 N–H and O–H groups in total. The summed E-state index contributed by atoms with van der Waals surface area (Å²) in [5, 5.41) is 9.87. The molecule has 154 valence electrons. The van der Waals surface area contributed by atoms with E-state index in [1.807, 2.05) is 49.4 Å². The Morgan fingerprint density at radius 3 is 2.52 bits per heavy atom. The van der Waals surface area contributed by atoms with E-state index in [0.717, 1.165) is 16.7 Å². The van der Waals surface area contributed by atoms with E-state index >= 15 is 0 Å². The number of nitrogens with two attached hydrogens (primary N) is 1. The van der Waals surface area contributed by atoms with Crippen molar-refractivity contribution in [2.45, 2.75) is 19.4 Å². The Morgan fingerprint density at radius 2 is 1.74 bits per heavy atom. The van der Waals surface area contributed by atoms with Crippen LogP contribution in [0, 0.1) is 18.3 Å². The normalized spacial score (nSPS) is 16.3. The topological polar surface area (TPSA) is 86.7 Å². The molecule has 0 unspecified atom stereocenters. The van der Waals surface area contributed by atoms with Gasteiger partial charge in [-0.3, -0.25) is 0 Å². The van der Waals surface area contributed by atoms with Crippen molar-refractivity contribution in [3.05, 3.63) is 94.4 Å². The fraction of sp³-hybridized carbons (Fsp3) is 0.160. The van der Waals surface area contributed by atoms with Crippen LogP contribution in [0.3, 0.4) is 0 Å². The van der Waals surface area contributed by atoms with Crippen LogP contribution in [0.25, 0.3) is 0 Å². The van der Waals surface area contributed by atoms with Gasteiger partial charge in [0, 0.05) is 17.2 Å². The Balaban J connectivity index is 1.56. The number of fused-ring (bicyclic) bond motifs is 2. The number of rotatable bonds is 4. The maximum absolute atomic E-state index is 9.87. The summed E-state index contributed by atoms with van der Waals surface area (Å²) in [5.41, 5.74) is 10.3. The van der Waals surface area contributed by atoms with Crippen LogP contribution in [0.1, 0.15) is 28.2 Å². The third-order valence-corrected chi connectivity index (χ3v) is 5.46. The van der Waals surface area contributed by atoms with Crippen molar-refractivity contribution in [2.75, 3.05) is 6.79 Å². The number of ether oxygens (including phenoxy) is 4. The zero-order chi connectivity index (χ0) is 21.4. The smallest absolute Gasteiger partial charge is 0.231 e. The monoisotopic (exact) mass is 412 g/mol. The molecule has 0 bridgehead atoms. The molecule has 5 rings (SSSR count). The second-order valence-electron chi connectivity index (χ2n) is 7.48. The molecule has 0 fully saturated rings. The van der Waals surface area contributed by atoms with Gasteiger partial charge >= 0.3 is 0 Å². The molecule has 31 heavy (non-hydrogen) atoms. The number of benzene rings is 3. The third-order valence-electron chi connectivity index (χ3n) is 5.46. The number of para-hydroxylation sites is 1. The van der Waals surface area contributed by atoms with Gasteiger partial charge < -0.3 is 24.7 Å². The maximum atomic E-state index is 9.87. The van der Waals surface area contributed by atoms with Gasteiger partial charge in [0.2, 0.25) is 12.7 Å². The fourth-order valence-corrected chi connectivity index (χ4v) is 3.86. The summed E-state index contributed by atoms with van der Waals surface area (Å²) in [6.45, 7) is 2.61. The summed E-state index contributed by atoms with van der Waals surface area (Å²) < 4.78 is 22.9. The van der Waals surface area contributed by atoms with Crippen molar-refractivity contribution in [3.8, 4) is 29.1 Å². The Bertz CT molecular complexity index is 1230. The van der Waals surface area contributed by atoms with Crippen molar-refractivity contribution in [2.24, 2.45) is 5.73 Å². The van der Waals surface area contributed by atoms with Gasteiger partial charge in [0.15, 0.2) is 11.5 Å². The zero-order valence-corrected chi connectivity index (χ0v) is 16.9. The van der Waals surface area contributed by atoms with E-state index < -0.39 is 5.92 Å². The van der Waals surface area contributed by atoms with Crippen LogP contribution in [-0.2, 0) is 6.61 Å². The van der Waals surface area contributed by atoms with Crippen molar-refractivity contribution in [3.63, 3.8) is 0 Å². The van der Waals surface area contributed by atoms with Crippen LogP contribution in [-0.4, -0.2) is 6.79 Å². The molecule has 0 aliphatic carbocycles. The Kier molecular flexibility index (Phi) is 4.64. The minimum absolute atomic E-state index is 0.0761. The van der Waals surface area contributed by atoms with Crippen LogP contribution < -0.4 is 24.7 Å². The lowest BCUT2D eigenvalue weighted by Gasteiger charge is -2.28. The molecule has 0 spiro atoms. The van der Waals surface area contributed by atoms with Crippen LogP contribution in [0.2, 0.25) is 0 Å². The summed E-state index contributed by atoms with van der Waals surface area (Å²) >= 11 is 0. The highest BCUT2D eigenvalue weighted by molar-refractivity contribution is 5.63. The number of aryl methyl sites for hydroxylation is 1. The highest BCUT2D eigenvalue weighted by atomic mass is 16.7. The van der Waals surface area contributed by atoms with Gasteiger partial charge in [0.05, 0.1) is 5.92 Å². The highest BCUT2D eigenvalue weighted by Gasteiger charge is 2.34. The summed E-state index contributed by atoms with van der Waals surface area (Å²) in [5.74, 6) is 2.06. The van der Waals surface area contributed by atoms with Crippen LogP contribution >= 0.6 is 0 Å². The minimum atomic E-state index is -0.447. The Hall–Kier alpha value is -4.11. The van der Waals surface area contributed by atoms with Crippen molar-refractivity contribution < 1.29 is 18.9 Å². The summed E-state index contributed by atoms with van der Waals surface area (Å²) in [7, 11) is 0. The Morgan fingerprint density at radius 1 is 1.00 bits per heavy atom. The first-order valence-corrected chi connectivity index (χ1v) is 9.92. The van der Waals surface area contributed by atoms with Crippen LogP contribution in [0.4, 0.5) is 0 Å². The van der Waals surface area contributed by atoms with Gasteiger partial charge in [0.25, 0.3) is 0 Å². The standard InChI is InChI=1S/C25H20N2O4/c1-15-6-8-16(9-7-15)13-28-20-5-3-2-4-17(20)24-18-10-22-23(30-14-29-22)11-21(18)31-25(27)19(24)12-26/h2-11,24H,13-14,27H2,1H3/t24-/m1/s1.